The summed E-state index contributed by atoms with van der Waals surface area (Å²) < 4.78 is 0.904. The Bertz CT molecular complexity index is 56.9. The van der Waals surface area contributed by atoms with Crippen LogP contribution in [0, 0.1) is 0 Å². The summed E-state index contributed by atoms with van der Waals surface area (Å²) >= 11 is 5.95. The van der Waals surface area contributed by atoms with Gasteiger partial charge in [-0.3, -0.25) is 0 Å². The van der Waals surface area contributed by atoms with Crippen LogP contribution in [0.4, 0.5) is 0 Å². The third-order valence-electron chi connectivity index (χ3n) is 1.34. The average Bonchev–Trinajstić information content (AvgIpc) is 1.89. The second-order valence-electron chi connectivity index (χ2n) is 2.19. The van der Waals surface area contributed by atoms with Gasteiger partial charge in [-0.05, 0) is 19.3 Å². The van der Waals surface area contributed by atoms with Crippen LogP contribution < -0.4 is 0 Å². The molecular formula is C7H14BrI. The number of hydrogen-bond donors (Lipinski definition) is 0. The number of hydrogen-bond acceptors (Lipinski definition) is 0. The van der Waals surface area contributed by atoms with E-state index in [1.807, 2.05) is 0 Å². The van der Waals surface area contributed by atoms with E-state index in [0.717, 1.165) is 3.92 Å². The van der Waals surface area contributed by atoms with Crippen molar-refractivity contribution in [3.63, 3.8) is 0 Å². The minimum Gasteiger partial charge on any atom is -0.0928 e. The molecule has 0 nitrogen and oxygen atoms in total. The summed E-state index contributed by atoms with van der Waals surface area (Å²) in [4.78, 5) is 0. The Labute approximate surface area is 80.1 Å². The van der Waals surface area contributed by atoms with Gasteiger partial charge in [-0.2, -0.15) is 0 Å². The Morgan fingerprint density at radius 3 is 2.56 bits per heavy atom. The first-order chi connectivity index (χ1) is 4.31. The highest BCUT2D eigenvalue weighted by Gasteiger charge is 1.97. The maximum Gasteiger partial charge on any atom is 0.0107 e. The Morgan fingerprint density at radius 1 is 1.44 bits per heavy atom. The van der Waals surface area contributed by atoms with Gasteiger partial charge in [0.2, 0.25) is 0 Å². The molecule has 0 saturated heterocycles. The molecule has 0 saturated carbocycles. The van der Waals surface area contributed by atoms with Gasteiger partial charge in [0, 0.05) is 9.25 Å². The highest BCUT2D eigenvalue weighted by Crippen LogP contribution is 2.13. The van der Waals surface area contributed by atoms with Crippen molar-refractivity contribution in [2.45, 2.75) is 36.5 Å². The van der Waals surface area contributed by atoms with Crippen LogP contribution in [0.25, 0.3) is 0 Å². The molecule has 0 amide bonds. The molecule has 0 rings (SSSR count). The van der Waals surface area contributed by atoms with Gasteiger partial charge >= 0.3 is 0 Å². The van der Waals surface area contributed by atoms with Crippen molar-refractivity contribution in [1.29, 1.82) is 0 Å². The van der Waals surface area contributed by atoms with E-state index in [1.165, 1.54) is 31.0 Å². The van der Waals surface area contributed by atoms with E-state index in [4.69, 9.17) is 0 Å². The minimum absolute atomic E-state index is 0.904. The summed E-state index contributed by atoms with van der Waals surface area (Å²) in [5.74, 6) is 0. The number of alkyl halides is 2. The molecule has 0 N–H and O–H groups in total. The molecule has 0 spiro atoms. The van der Waals surface area contributed by atoms with Crippen molar-refractivity contribution in [3.05, 3.63) is 0 Å². The Kier molecular flexibility index (Phi) is 8.30. The first-order valence-electron chi connectivity index (χ1n) is 3.51. The highest BCUT2D eigenvalue weighted by molar-refractivity contribution is 14.1. The topological polar surface area (TPSA) is 0 Å². The highest BCUT2D eigenvalue weighted by atomic mass is 127. The van der Waals surface area contributed by atoms with E-state index in [-0.39, 0.29) is 0 Å². The summed E-state index contributed by atoms with van der Waals surface area (Å²) in [6, 6.07) is 0. The Morgan fingerprint density at radius 2 is 2.11 bits per heavy atom. The normalized spacial score (nSPS) is 13.7. The van der Waals surface area contributed by atoms with Crippen molar-refractivity contribution in [2.75, 3.05) is 5.33 Å². The third-order valence-corrected chi connectivity index (χ3v) is 3.41. The maximum absolute atomic E-state index is 3.42. The molecule has 0 aromatic carbocycles. The molecule has 0 aliphatic rings. The summed E-state index contributed by atoms with van der Waals surface area (Å²) in [7, 11) is 0. The van der Waals surface area contributed by atoms with Crippen LogP contribution in [-0.2, 0) is 0 Å². The molecule has 0 radical (unpaired) electrons. The van der Waals surface area contributed by atoms with E-state index in [1.54, 1.807) is 0 Å². The van der Waals surface area contributed by atoms with Gasteiger partial charge in [0.25, 0.3) is 0 Å². The predicted molar refractivity (Wildman–Crippen MR) is 55.7 cm³/mol. The van der Waals surface area contributed by atoms with Gasteiger partial charge in [-0.25, -0.2) is 0 Å². The van der Waals surface area contributed by atoms with Gasteiger partial charge in [-0.1, -0.05) is 51.9 Å². The first-order valence-corrected chi connectivity index (χ1v) is 5.88. The van der Waals surface area contributed by atoms with Crippen molar-refractivity contribution >= 4 is 38.5 Å². The third kappa shape index (κ3) is 7.10. The number of unbranched alkanes of at least 4 members (excludes halogenated alkanes) is 1. The summed E-state index contributed by atoms with van der Waals surface area (Å²) in [5.41, 5.74) is 0. The van der Waals surface area contributed by atoms with Crippen molar-refractivity contribution in [2.24, 2.45) is 0 Å². The van der Waals surface area contributed by atoms with Gasteiger partial charge in [-0.15, -0.1) is 0 Å². The lowest BCUT2D eigenvalue weighted by Crippen LogP contribution is -1.93. The number of rotatable bonds is 5. The molecule has 0 bridgehead atoms. The zero-order valence-corrected chi connectivity index (χ0v) is 9.61. The summed E-state index contributed by atoms with van der Waals surface area (Å²) in [5, 5.41) is 1.17. The fourth-order valence-corrected chi connectivity index (χ4v) is 1.50. The van der Waals surface area contributed by atoms with Crippen LogP contribution in [0.1, 0.15) is 32.6 Å². The van der Waals surface area contributed by atoms with Crippen molar-refractivity contribution < 1.29 is 0 Å². The van der Waals surface area contributed by atoms with Crippen LogP contribution in [0.3, 0.4) is 0 Å². The average molecular weight is 305 g/mol. The molecule has 2 heteroatoms. The Hall–Kier alpha value is 1.21. The van der Waals surface area contributed by atoms with Crippen LogP contribution in [-0.4, -0.2) is 9.25 Å². The zero-order chi connectivity index (χ0) is 7.11. The van der Waals surface area contributed by atoms with E-state index >= 15 is 0 Å². The standard InChI is InChI=1S/C7H14BrI/c1-2-7(9)5-3-4-6-8/h7H,2-6H2,1H3. The molecule has 1 atom stereocenters. The smallest absolute Gasteiger partial charge is 0.0107 e. The summed E-state index contributed by atoms with van der Waals surface area (Å²) in [6.45, 7) is 2.26. The Balaban J connectivity index is 2.88. The van der Waals surface area contributed by atoms with Crippen LogP contribution in [0.5, 0.6) is 0 Å². The molecule has 0 aromatic rings. The lowest BCUT2D eigenvalue weighted by molar-refractivity contribution is 0.691. The van der Waals surface area contributed by atoms with Crippen LogP contribution in [0.2, 0.25) is 0 Å². The summed E-state index contributed by atoms with van der Waals surface area (Å²) in [6.07, 6.45) is 5.43. The largest absolute Gasteiger partial charge is 0.0928 e. The monoisotopic (exact) mass is 304 g/mol. The van der Waals surface area contributed by atoms with Gasteiger partial charge in [0.05, 0.1) is 0 Å². The molecule has 0 heterocycles. The molecule has 1 unspecified atom stereocenters. The van der Waals surface area contributed by atoms with E-state index in [0.29, 0.717) is 0 Å². The zero-order valence-electron chi connectivity index (χ0n) is 5.87. The molecule has 9 heavy (non-hydrogen) atoms. The molecule has 0 aliphatic carbocycles. The molecule has 0 fully saturated rings. The van der Waals surface area contributed by atoms with Crippen LogP contribution in [0.15, 0.2) is 0 Å². The molecule has 0 aliphatic heterocycles. The van der Waals surface area contributed by atoms with Crippen LogP contribution >= 0.6 is 38.5 Å². The molecule has 56 valence electrons. The van der Waals surface area contributed by atoms with E-state index < -0.39 is 0 Å². The van der Waals surface area contributed by atoms with Crippen molar-refractivity contribution in [3.8, 4) is 0 Å². The van der Waals surface area contributed by atoms with Crippen molar-refractivity contribution in [1.82, 2.24) is 0 Å². The number of halogens is 2. The minimum atomic E-state index is 0.904. The lowest BCUT2D eigenvalue weighted by atomic mass is 10.2. The van der Waals surface area contributed by atoms with Gasteiger partial charge < -0.3 is 0 Å². The van der Waals surface area contributed by atoms with Gasteiger partial charge in [0.1, 0.15) is 0 Å². The molecule has 0 aromatic heterocycles. The second-order valence-corrected chi connectivity index (χ2v) is 4.74. The lowest BCUT2D eigenvalue weighted by Gasteiger charge is -2.03. The second kappa shape index (κ2) is 7.32. The van der Waals surface area contributed by atoms with Gasteiger partial charge in [0.15, 0.2) is 0 Å². The maximum atomic E-state index is 3.42. The molecular weight excluding hydrogens is 291 g/mol. The first kappa shape index (κ1) is 10.2. The SMILES string of the molecule is CCC(I)CCCCBr. The van der Waals surface area contributed by atoms with E-state index in [2.05, 4.69) is 45.4 Å². The quantitative estimate of drug-likeness (QED) is 0.412. The fraction of sp³-hybridized carbons (Fsp3) is 1.00. The van der Waals surface area contributed by atoms with E-state index in [9.17, 15) is 0 Å². The fourth-order valence-electron chi connectivity index (χ4n) is 0.664. The predicted octanol–water partition coefficient (Wildman–Crippen LogP) is 3.77.